The quantitative estimate of drug-likeness (QED) is 0.835. The minimum atomic E-state index is -0.420. The second-order valence-corrected chi connectivity index (χ2v) is 5.67. The topological polar surface area (TPSA) is 12.0 Å². The van der Waals surface area contributed by atoms with Crippen LogP contribution >= 0.6 is 23.2 Å². The highest BCUT2D eigenvalue weighted by Crippen LogP contribution is 2.32. The Kier molecular flexibility index (Phi) is 4.69. The van der Waals surface area contributed by atoms with Gasteiger partial charge >= 0.3 is 0 Å². The largest absolute Gasteiger partial charge is 0.309 e. The van der Waals surface area contributed by atoms with Gasteiger partial charge in [0.2, 0.25) is 0 Å². The summed E-state index contributed by atoms with van der Waals surface area (Å²) in [4.78, 5) is 0. The van der Waals surface area contributed by atoms with E-state index in [1.807, 2.05) is 27.0 Å². The Balaban J connectivity index is 2.52. The van der Waals surface area contributed by atoms with E-state index >= 15 is 0 Å². The van der Waals surface area contributed by atoms with Gasteiger partial charge in [-0.2, -0.15) is 0 Å². The lowest BCUT2D eigenvalue weighted by Crippen LogP contribution is -2.18. The average Bonchev–Trinajstić information content (AvgIpc) is 2.40. The lowest BCUT2D eigenvalue weighted by Gasteiger charge is -2.20. The molecule has 106 valence electrons. The first-order valence-electron chi connectivity index (χ1n) is 6.33. The van der Waals surface area contributed by atoms with Gasteiger partial charge in [0, 0.05) is 5.02 Å². The molecule has 2 aromatic carbocycles. The molecule has 1 nitrogen and oxygen atoms in total. The first-order chi connectivity index (χ1) is 9.43. The van der Waals surface area contributed by atoms with Crippen LogP contribution in [0.25, 0.3) is 0 Å². The van der Waals surface area contributed by atoms with E-state index in [0.29, 0.717) is 5.02 Å². The second kappa shape index (κ2) is 6.13. The summed E-state index contributed by atoms with van der Waals surface area (Å²) in [5.41, 5.74) is 4.15. The molecular weight excluding hydrogens is 296 g/mol. The van der Waals surface area contributed by atoms with Gasteiger partial charge in [-0.1, -0.05) is 35.3 Å². The highest BCUT2D eigenvalue weighted by molar-refractivity contribution is 6.31. The minimum absolute atomic E-state index is 0.114. The third-order valence-electron chi connectivity index (χ3n) is 3.49. The molecule has 0 heterocycles. The summed E-state index contributed by atoms with van der Waals surface area (Å²) in [6.07, 6.45) is 0. The zero-order valence-corrected chi connectivity index (χ0v) is 13.1. The SMILES string of the molecule is CNC(c1ccc(F)c(Cl)c1)c1cc(C)c(C)cc1Cl. The Morgan fingerprint density at radius 3 is 2.25 bits per heavy atom. The van der Waals surface area contributed by atoms with Gasteiger partial charge in [0.1, 0.15) is 5.82 Å². The number of aryl methyl sites for hydroxylation is 2. The highest BCUT2D eigenvalue weighted by atomic mass is 35.5. The number of hydrogen-bond acceptors (Lipinski definition) is 1. The summed E-state index contributed by atoms with van der Waals surface area (Å²) in [6, 6.07) is 8.59. The Morgan fingerprint density at radius 2 is 1.65 bits per heavy atom. The molecule has 4 heteroatoms. The monoisotopic (exact) mass is 311 g/mol. The number of nitrogens with one attached hydrogen (secondary N) is 1. The zero-order chi connectivity index (χ0) is 14.9. The summed E-state index contributed by atoms with van der Waals surface area (Å²) in [6.45, 7) is 4.06. The van der Waals surface area contributed by atoms with Gasteiger partial charge in [-0.05, 0) is 61.3 Å². The Bertz CT molecular complexity index is 641. The van der Waals surface area contributed by atoms with Crippen LogP contribution in [0.4, 0.5) is 4.39 Å². The molecule has 0 bridgehead atoms. The van der Waals surface area contributed by atoms with E-state index < -0.39 is 5.82 Å². The third kappa shape index (κ3) is 2.98. The van der Waals surface area contributed by atoms with E-state index in [-0.39, 0.29) is 11.1 Å². The van der Waals surface area contributed by atoms with Gasteiger partial charge in [-0.15, -0.1) is 0 Å². The molecule has 2 rings (SSSR count). The Labute approximate surface area is 128 Å². The summed E-state index contributed by atoms with van der Waals surface area (Å²) >= 11 is 12.2. The van der Waals surface area contributed by atoms with E-state index in [0.717, 1.165) is 22.3 Å². The smallest absolute Gasteiger partial charge is 0.141 e. The molecule has 1 N–H and O–H groups in total. The lowest BCUT2D eigenvalue weighted by atomic mass is 9.95. The molecule has 0 fully saturated rings. The van der Waals surface area contributed by atoms with Crippen molar-refractivity contribution in [3.05, 3.63) is 68.4 Å². The fourth-order valence-electron chi connectivity index (χ4n) is 2.22. The van der Waals surface area contributed by atoms with Crippen molar-refractivity contribution in [2.75, 3.05) is 7.05 Å². The molecule has 0 radical (unpaired) electrons. The molecule has 0 saturated heterocycles. The fraction of sp³-hybridized carbons (Fsp3) is 0.250. The summed E-state index contributed by atoms with van der Waals surface area (Å²) < 4.78 is 13.3. The van der Waals surface area contributed by atoms with Gasteiger partial charge in [0.05, 0.1) is 11.1 Å². The van der Waals surface area contributed by atoms with Crippen molar-refractivity contribution >= 4 is 23.2 Å². The van der Waals surface area contributed by atoms with Crippen LogP contribution in [0.15, 0.2) is 30.3 Å². The van der Waals surface area contributed by atoms with Crippen LogP contribution in [0.2, 0.25) is 10.0 Å². The first kappa shape index (κ1) is 15.3. The summed E-state index contributed by atoms with van der Waals surface area (Å²) in [7, 11) is 1.84. The van der Waals surface area contributed by atoms with Crippen LogP contribution < -0.4 is 5.32 Å². The van der Waals surface area contributed by atoms with Gasteiger partial charge < -0.3 is 5.32 Å². The van der Waals surface area contributed by atoms with Crippen LogP contribution in [0.1, 0.15) is 28.3 Å². The van der Waals surface area contributed by atoms with Gasteiger partial charge in [-0.25, -0.2) is 4.39 Å². The lowest BCUT2D eigenvalue weighted by molar-refractivity contribution is 0.624. The van der Waals surface area contributed by atoms with E-state index in [1.54, 1.807) is 12.1 Å². The van der Waals surface area contributed by atoms with Gasteiger partial charge in [0.15, 0.2) is 0 Å². The Hall–Kier alpha value is -1.09. The first-order valence-corrected chi connectivity index (χ1v) is 7.08. The number of halogens is 3. The van der Waals surface area contributed by atoms with Crippen molar-refractivity contribution < 1.29 is 4.39 Å². The van der Waals surface area contributed by atoms with Crippen LogP contribution in [0.3, 0.4) is 0 Å². The molecule has 0 aliphatic heterocycles. The molecule has 0 aromatic heterocycles. The van der Waals surface area contributed by atoms with Crippen molar-refractivity contribution in [2.45, 2.75) is 19.9 Å². The van der Waals surface area contributed by atoms with E-state index in [4.69, 9.17) is 23.2 Å². The fourth-order valence-corrected chi connectivity index (χ4v) is 2.73. The molecule has 20 heavy (non-hydrogen) atoms. The van der Waals surface area contributed by atoms with Gasteiger partial charge in [-0.3, -0.25) is 0 Å². The maximum absolute atomic E-state index is 13.3. The molecular formula is C16H16Cl2FN. The second-order valence-electron chi connectivity index (χ2n) is 4.85. The maximum atomic E-state index is 13.3. The predicted molar refractivity (Wildman–Crippen MR) is 83.2 cm³/mol. The van der Waals surface area contributed by atoms with Crippen LogP contribution in [0, 0.1) is 19.7 Å². The molecule has 1 atom stereocenters. The number of rotatable bonds is 3. The molecule has 0 amide bonds. The molecule has 1 unspecified atom stereocenters. The average molecular weight is 312 g/mol. The van der Waals surface area contributed by atoms with Gasteiger partial charge in [0.25, 0.3) is 0 Å². The summed E-state index contributed by atoms with van der Waals surface area (Å²) in [5, 5.41) is 4.00. The van der Waals surface area contributed by atoms with Crippen LogP contribution in [-0.2, 0) is 0 Å². The maximum Gasteiger partial charge on any atom is 0.141 e. The van der Waals surface area contributed by atoms with Crippen LogP contribution in [0.5, 0.6) is 0 Å². The van der Waals surface area contributed by atoms with Crippen molar-refractivity contribution in [1.29, 1.82) is 0 Å². The van der Waals surface area contributed by atoms with Crippen LogP contribution in [-0.4, -0.2) is 7.05 Å². The standard InChI is InChI=1S/C16H16Cl2FN/c1-9-6-12(13(17)7-10(9)2)16(20-3)11-4-5-15(19)14(18)8-11/h4-8,16,20H,1-3H3. The van der Waals surface area contributed by atoms with Crippen molar-refractivity contribution in [2.24, 2.45) is 0 Å². The van der Waals surface area contributed by atoms with Crippen molar-refractivity contribution in [3.8, 4) is 0 Å². The third-order valence-corrected chi connectivity index (χ3v) is 4.11. The molecule has 0 saturated carbocycles. The van der Waals surface area contributed by atoms with E-state index in [9.17, 15) is 4.39 Å². The minimum Gasteiger partial charge on any atom is -0.309 e. The van der Waals surface area contributed by atoms with Crippen molar-refractivity contribution in [3.63, 3.8) is 0 Å². The summed E-state index contributed by atoms with van der Waals surface area (Å²) in [5.74, 6) is -0.420. The van der Waals surface area contributed by atoms with E-state index in [1.165, 1.54) is 6.07 Å². The Morgan fingerprint density at radius 1 is 1.00 bits per heavy atom. The molecule has 0 aliphatic carbocycles. The normalized spacial score (nSPS) is 12.5. The number of benzene rings is 2. The molecule has 0 aliphatic rings. The van der Waals surface area contributed by atoms with E-state index in [2.05, 4.69) is 11.4 Å². The van der Waals surface area contributed by atoms with Crippen molar-refractivity contribution in [1.82, 2.24) is 5.32 Å². The zero-order valence-electron chi connectivity index (χ0n) is 11.6. The molecule has 2 aromatic rings. The molecule has 0 spiro atoms. The predicted octanol–water partition coefficient (Wildman–Crippen LogP) is 5.06. The highest BCUT2D eigenvalue weighted by Gasteiger charge is 2.17. The number of hydrogen-bond donors (Lipinski definition) is 1.